The number of fused-ring (bicyclic) bond motifs is 2. The van der Waals surface area contributed by atoms with E-state index in [0.29, 0.717) is 6.42 Å². The fourth-order valence-electron chi connectivity index (χ4n) is 6.44. The number of carboxylic acids is 1. The van der Waals surface area contributed by atoms with E-state index in [9.17, 15) is 24.6 Å². The van der Waals surface area contributed by atoms with Gasteiger partial charge in [-0.2, -0.15) is 9.28 Å². The molecule has 0 saturated heterocycles. The first kappa shape index (κ1) is 22.1. The molecule has 8 heteroatoms. The number of nitrogens with zero attached hydrogens (tertiary/aromatic N) is 2. The Labute approximate surface area is 196 Å². The van der Waals surface area contributed by atoms with Gasteiger partial charge in [0.1, 0.15) is 12.2 Å². The van der Waals surface area contributed by atoms with E-state index >= 15 is 0 Å². The minimum absolute atomic E-state index is 0.0119. The van der Waals surface area contributed by atoms with Crippen LogP contribution >= 0.6 is 11.3 Å². The number of aliphatic carboxylic acids is 1. The molecule has 2 amide bonds. The zero-order valence-corrected chi connectivity index (χ0v) is 19.3. The summed E-state index contributed by atoms with van der Waals surface area (Å²) in [5.41, 5.74) is 0.877. The lowest BCUT2D eigenvalue weighted by atomic mass is 9.78. The van der Waals surface area contributed by atoms with Crippen molar-refractivity contribution in [3.63, 3.8) is 0 Å². The topological polar surface area (TPSA) is 94.9 Å². The van der Waals surface area contributed by atoms with Crippen LogP contribution in [-0.4, -0.2) is 44.8 Å². The Morgan fingerprint density at radius 1 is 1.06 bits per heavy atom. The third-order valence-electron chi connectivity index (χ3n) is 7.73. The smallest absolute Gasteiger partial charge is 0.481 e. The predicted octanol–water partition coefficient (Wildman–Crippen LogP) is 4.84. The van der Waals surface area contributed by atoms with Crippen molar-refractivity contribution in [3.05, 3.63) is 52.2 Å². The van der Waals surface area contributed by atoms with Crippen molar-refractivity contribution >= 4 is 35.0 Å². The summed E-state index contributed by atoms with van der Waals surface area (Å²) in [5.74, 6) is -1.22. The van der Waals surface area contributed by atoms with Crippen molar-refractivity contribution in [2.75, 3.05) is 0 Å². The molecule has 1 aliphatic heterocycles. The molecule has 1 aromatic carbocycles. The van der Waals surface area contributed by atoms with Crippen molar-refractivity contribution in [2.24, 2.45) is 5.92 Å². The molecule has 0 radical (unpaired) electrons. The zero-order valence-electron chi connectivity index (χ0n) is 18.5. The van der Waals surface area contributed by atoms with Crippen LogP contribution in [0.1, 0.15) is 55.4 Å². The first-order valence-corrected chi connectivity index (χ1v) is 12.5. The molecule has 2 N–H and O–H groups in total. The SMILES string of the molecule is O=C(O)CCC(=O)N(C1CC1)[C@@]12CCC[C@@H]1Cc1ccccc1[N@@+]2(Cc1cccs1)C(=O)O. The zero-order chi connectivity index (χ0) is 23.2. The molecule has 1 aromatic heterocycles. The first-order chi connectivity index (χ1) is 15.9. The van der Waals surface area contributed by atoms with Crippen LogP contribution in [0.15, 0.2) is 41.8 Å². The molecule has 2 heterocycles. The van der Waals surface area contributed by atoms with Gasteiger partial charge in [-0.25, -0.2) is 0 Å². The molecule has 2 aromatic rings. The maximum absolute atomic E-state index is 13.7. The Kier molecular flexibility index (Phi) is 5.53. The molecule has 0 bridgehead atoms. The summed E-state index contributed by atoms with van der Waals surface area (Å²) < 4.78 is -0.316. The number of rotatable bonds is 7. The molecule has 33 heavy (non-hydrogen) atoms. The number of hydrogen-bond donors (Lipinski definition) is 2. The molecule has 7 nitrogen and oxygen atoms in total. The van der Waals surface area contributed by atoms with Gasteiger partial charge >= 0.3 is 12.1 Å². The number of carbonyl (C=O) groups is 3. The second-order valence-electron chi connectivity index (χ2n) is 9.52. The normalized spacial score (nSPS) is 28.1. The van der Waals surface area contributed by atoms with Gasteiger partial charge in [-0.3, -0.25) is 14.5 Å². The van der Waals surface area contributed by atoms with Crippen molar-refractivity contribution in [1.29, 1.82) is 0 Å². The summed E-state index contributed by atoms with van der Waals surface area (Å²) in [6.45, 7) is 0.274. The Balaban J connectivity index is 1.74. The molecule has 5 rings (SSSR count). The second kappa shape index (κ2) is 8.25. The van der Waals surface area contributed by atoms with E-state index in [1.165, 1.54) is 11.3 Å². The van der Waals surface area contributed by atoms with Crippen LogP contribution in [0.4, 0.5) is 10.5 Å². The van der Waals surface area contributed by atoms with Crippen molar-refractivity contribution in [3.8, 4) is 0 Å². The van der Waals surface area contributed by atoms with Gasteiger partial charge in [-0.1, -0.05) is 24.3 Å². The highest BCUT2D eigenvalue weighted by atomic mass is 32.1. The molecule has 0 spiro atoms. The molecule has 174 valence electrons. The van der Waals surface area contributed by atoms with Gasteiger partial charge in [0.2, 0.25) is 5.91 Å². The standard InChI is InChI=1S/C25H28N2O5S/c28-22(11-12-23(29)30)26(19-9-10-19)25-13-3-6-18(25)15-17-5-1-2-8-21(17)27(25,24(31)32)16-20-7-4-14-33-20/h1-2,4-5,7-8,14,18-19H,3,6,9-13,15-16H2,(H-,29,30,31,32)/p+1/t18-,25-,27+/m1/s1. The van der Waals surface area contributed by atoms with E-state index in [4.69, 9.17) is 0 Å². The third kappa shape index (κ3) is 3.38. The Morgan fingerprint density at radius 2 is 1.85 bits per heavy atom. The lowest BCUT2D eigenvalue weighted by Gasteiger charge is -2.57. The van der Waals surface area contributed by atoms with Crippen LogP contribution in [0, 0.1) is 5.92 Å². The Morgan fingerprint density at radius 3 is 2.52 bits per heavy atom. The van der Waals surface area contributed by atoms with Crippen LogP contribution in [0.3, 0.4) is 0 Å². The number of carbonyl (C=O) groups excluding carboxylic acids is 1. The predicted molar refractivity (Wildman–Crippen MR) is 125 cm³/mol. The van der Waals surface area contributed by atoms with E-state index in [1.807, 2.05) is 46.7 Å². The summed E-state index contributed by atoms with van der Waals surface area (Å²) >= 11 is 1.54. The maximum Gasteiger partial charge on any atom is 0.521 e. The monoisotopic (exact) mass is 469 g/mol. The average molecular weight is 470 g/mol. The summed E-state index contributed by atoms with van der Waals surface area (Å²) in [6, 6.07) is 11.7. The molecule has 2 fully saturated rings. The summed E-state index contributed by atoms with van der Waals surface area (Å²) in [5, 5.41) is 22.2. The molecule has 3 aliphatic rings. The van der Waals surface area contributed by atoms with Crippen molar-refractivity contribution in [1.82, 2.24) is 9.38 Å². The minimum Gasteiger partial charge on any atom is -0.481 e. The van der Waals surface area contributed by atoms with Crippen LogP contribution < -0.4 is 4.48 Å². The number of quaternary nitrogens is 1. The third-order valence-corrected chi connectivity index (χ3v) is 8.59. The van der Waals surface area contributed by atoms with E-state index in [2.05, 4.69) is 0 Å². The highest BCUT2D eigenvalue weighted by Gasteiger charge is 2.71. The Bertz CT molecular complexity index is 1080. The van der Waals surface area contributed by atoms with Gasteiger partial charge in [-0.15, -0.1) is 11.3 Å². The van der Waals surface area contributed by atoms with Crippen LogP contribution in [0.2, 0.25) is 0 Å². The quantitative estimate of drug-likeness (QED) is 0.566. The minimum atomic E-state index is -1.01. The molecule has 3 atom stereocenters. The van der Waals surface area contributed by atoms with Gasteiger partial charge in [0, 0.05) is 36.4 Å². The maximum atomic E-state index is 13.7. The summed E-state index contributed by atoms with van der Waals surface area (Å²) in [6.07, 6.45) is 3.47. The van der Waals surface area contributed by atoms with Gasteiger partial charge < -0.3 is 10.2 Å². The summed E-state index contributed by atoms with van der Waals surface area (Å²) in [4.78, 5) is 41.2. The van der Waals surface area contributed by atoms with Crippen LogP contribution in [0.5, 0.6) is 0 Å². The van der Waals surface area contributed by atoms with Crippen molar-refractivity contribution < 1.29 is 24.6 Å². The largest absolute Gasteiger partial charge is 0.521 e. The molecular formula is C25H29N2O5S+. The second-order valence-corrected chi connectivity index (χ2v) is 10.6. The fourth-order valence-corrected chi connectivity index (χ4v) is 7.20. The molecule has 2 aliphatic carbocycles. The molecule has 2 saturated carbocycles. The number of benzene rings is 1. The fraction of sp³-hybridized carbons (Fsp3) is 0.480. The molecule has 0 unspecified atom stereocenters. The number of amides is 2. The average Bonchev–Trinajstić information content (AvgIpc) is 3.30. The van der Waals surface area contributed by atoms with E-state index in [1.54, 1.807) is 0 Å². The van der Waals surface area contributed by atoms with Gasteiger partial charge in [0.25, 0.3) is 0 Å². The number of carboxylic acid groups (broad SMARTS) is 2. The van der Waals surface area contributed by atoms with Crippen LogP contribution in [0.25, 0.3) is 0 Å². The van der Waals surface area contributed by atoms with E-state index in [-0.39, 0.29) is 41.7 Å². The van der Waals surface area contributed by atoms with Gasteiger partial charge in [-0.05, 0) is 43.6 Å². The number of hydrogen-bond acceptors (Lipinski definition) is 4. The molecular weight excluding hydrogens is 440 g/mol. The van der Waals surface area contributed by atoms with Crippen LogP contribution in [-0.2, 0) is 22.6 Å². The van der Waals surface area contributed by atoms with Gasteiger partial charge in [0.05, 0.1) is 11.3 Å². The highest BCUT2D eigenvalue weighted by Crippen LogP contribution is 2.58. The Hall–Kier alpha value is -2.71. The summed E-state index contributed by atoms with van der Waals surface area (Å²) in [7, 11) is 0. The first-order valence-electron chi connectivity index (χ1n) is 11.7. The number of para-hydroxylation sites is 1. The lowest BCUT2D eigenvalue weighted by molar-refractivity contribution is -0.155. The highest BCUT2D eigenvalue weighted by molar-refractivity contribution is 7.09. The lowest BCUT2D eigenvalue weighted by Crippen LogP contribution is -2.79. The van der Waals surface area contributed by atoms with Gasteiger partial charge in [0.15, 0.2) is 5.66 Å². The van der Waals surface area contributed by atoms with E-state index in [0.717, 1.165) is 48.2 Å². The van der Waals surface area contributed by atoms with E-state index < -0.39 is 17.7 Å². The number of thiophene rings is 1. The van der Waals surface area contributed by atoms with Crippen molar-refractivity contribution in [2.45, 2.75) is 69.6 Å².